The molecule has 6 heteroatoms. The van der Waals surface area contributed by atoms with E-state index in [0.717, 1.165) is 42.1 Å². The van der Waals surface area contributed by atoms with Gasteiger partial charge < -0.3 is 14.4 Å². The molecule has 0 aliphatic carbocycles. The van der Waals surface area contributed by atoms with Gasteiger partial charge in [-0.15, -0.1) is 0 Å². The molecule has 6 nitrogen and oxygen atoms in total. The molecule has 0 atom stereocenters. The van der Waals surface area contributed by atoms with Crippen molar-refractivity contribution in [1.82, 2.24) is 14.7 Å². The Hall–Kier alpha value is -2.50. The van der Waals surface area contributed by atoms with Gasteiger partial charge in [0.2, 0.25) is 6.79 Å². The van der Waals surface area contributed by atoms with E-state index >= 15 is 0 Å². The molecule has 2 aromatic rings. The van der Waals surface area contributed by atoms with Crippen LogP contribution in [0.3, 0.4) is 0 Å². The first-order valence-corrected chi connectivity index (χ1v) is 7.79. The van der Waals surface area contributed by atoms with Crippen LogP contribution in [0.4, 0.5) is 0 Å². The fraction of sp³-hybridized carbons (Fsp3) is 0.412. The van der Waals surface area contributed by atoms with E-state index in [1.807, 2.05) is 38.4 Å². The van der Waals surface area contributed by atoms with Crippen molar-refractivity contribution in [1.29, 1.82) is 0 Å². The molecule has 0 fully saturated rings. The number of aromatic nitrogens is 2. The molecule has 3 rings (SSSR count). The zero-order valence-electron chi connectivity index (χ0n) is 13.7. The lowest BCUT2D eigenvalue weighted by atomic mass is 10.1. The number of rotatable bonds is 5. The summed E-state index contributed by atoms with van der Waals surface area (Å²) < 4.78 is 12.5. The maximum atomic E-state index is 12.4. The second-order valence-electron chi connectivity index (χ2n) is 5.69. The Labute approximate surface area is 135 Å². The summed E-state index contributed by atoms with van der Waals surface area (Å²) >= 11 is 0. The van der Waals surface area contributed by atoms with E-state index in [1.165, 1.54) is 0 Å². The maximum absolute atomic E-state index is 12.4. The van der Waals surface area contributed by atoms with Crippen LogP contribution in [-0.2, 0) is 7.05 Å². The third-order valence-electron chi connectivity index (χ3n) is 3.96. The lowest BCUT2D eigenvalue weighted by Crippen LogP contribution is -2.28. The van der Waals surface area contributed by atoms with E-state index in [4.69, 9.17) is 9.47 Å². The molecule has 0 radical (unpaired) electrons. The van der Waals surface area contributed by atoms with Gasteiger partial charge in [0.1, 0.15) is 0 Å². The lowest BCUT2D eigenvalue weighted by molar-refractivity contribution is 0.0786. The van der Waals surface area contributed by atoms with Crippen molar-refractivity contribution in [3.05, 3.63) is 30.0 Å². The predicted molar refractivity (Wildman–Crippen MR) is 86.6 cm³/mol. The first-order valence-electron chi connectivity index (χ1n) is 7.79. The zero-order chi connectivity index (χ0) is 16.4. The summed E-state index contributed by atoms with van der Waals surface area (Å²) in [5.41, 5.74) is 2.27. The Balaban J connectivity index is 1.85. The van der Waals surface area contributed by atoms with Crippen LogP contribution in [0.2, 0.25) is 0 Å². The average molecular weight is 315 g/mol. The predicted octanol–water partition coefficient (Wildman–Crippen LogP) is 2.69. The number of amides is 1. The minimum atomic E-state index is -0.0546. The molecule has 0 N–H and O–H groups in total. The Morgan fingerprint density at radius 2 is 2.09 bits per heavy atom. The summed E-state index contributed by atoms with van der Waals surface area (Å²) in [6.07, 6.45) is 2.05. The van der Waals surface area contributed by atoms with Gasteiger partial charge in [-0.1, -0.05) is 13.3 Å². The van der Waals surface area contributed by atoms with E-state index in [0.29, 0.717) is 5.69 Å². The highest BCUT2D eigenvalue weighted by atomic mass is 16.7. The summed E-state index contributed by atoms with van der Waals surface area (Å²) in [6, 6.07) is 7.55. The van der Waals surface area contributed by atoms with Crippen LogP contribution in [0.5, 0.6) is 11.5 Å². The Bertz CT molecular complexity index is 724. The van der Waals surface area contributed by atoms with Crippen molar-refractivity contribution in [2.75, 3.05) is 20.4 Å². The SMILES string of the molecule is CCCCN(C)C(=O)c1cc(-c2ccc3c(c2)OCO3)n(C)n1. The molecule has 0 unspecified atom stereocenters. The fourth-order valence-electron chi connectivity index (χ4n) is 2.59. The minimum Gasteiger partial charge on any atom is -0.454 e. The third kappa shape index (κ3) is 3.02. The molecule has 23 heavy (non-hydrogen) atoms. The van der Waals surface area contributed by atoms with Crippen LogP contribution in [0.1, 0.15) is 30.3 Å². The molecule has 0 bridgehead atoms. The molecule has 2 heterocycles. The van der Waals surface area contributed by atoms with Crippen LogP contribution >= 0.6 is 0 Å². The molecular formula is C17H21N3O3. The number of nitrogens with zero attached hydrogens (tertiary/aromatic N) is 3. The highest BCUT2D eigenvalue weighted by Gasteiger charge is 2.19. The van der Waals surface area contributed by atoms with Crippen LogP contribution < -0.4 is 9.47 Å². The normalized spacial score (nSPS) is 12.5. The smallest absolute Gasteiger partial charge is 0.274 e. The first kappa shape index (κ1) is 15.4. The molecule has 1 aliphatic rings. The molecule has 1 aromatic heterocycles. The number of unbranched alkanes of at least 4 members (excludes halogenated alkanes) is 1. The largest absolute Gasteiger partial charge is 0.454 e. The maximum Gasteiger partial charge on any atom is 0.274 e. The number of ether oxygens (including phenoxy) is 2. The van der Waals surface area contributed by atoms with E-state index in [-0.39, 0.29) is 12.7 Å². The summed E-state index contributed by atoms with van der Waals surface area (Å²) in [5.74, 6) is 1.41. The number of aryl methyl sites for hydroxylation is 1. The van der Waals surface area contributed by atoms with Gasteiger partial charge in [-0.25, -0.2) is 0 Å². The van der Waals surface area contributed by atoms with E-state index < -0.39 is 0 Å². The van der Waals surface area contributed by atoms with Crippen molar-refractivity contribution in [2.45, 2.75) is 19.8 Å². The number of fused-ring (bicyclic) bond motifs is 1. The van der Waals surface area contributed by atoms with Crippen molar-refractivity contribution in [3.63, 3.8) is 0 Å². The number of carbonyl (C=O) groups excluding carboxylic acids is 1. The minimum absolute atomic E-state index is 0.0546. The second-order valence-corrected chi connectivity index (χ2v) is 5.69. The standard InChI is InChI=1S/C17H21N3O3/c1-4-5-8-19(2)17(21)13-10-14(20(3)18-13)12-6-7-15-16(9-12)23-11-22-15/h6-7,9-10H,4-5,8,11H2,1-3H3. The molecular weight excluding hydrogens is 294 g/mol. The van der Waals surface area contributed by atoms with E-state index in [2.05, 4.69) is 12.0 Å². The van der Waals surface area contributed by atoms with Crippen molar-refractivity contribution >= 4 is 5.91 Å². The van der Waals surface area contributed by atoms with Gasteiger partial charge >= 0.3 is 0 Å². The number of hydrogen-bond donors (Lipinski definition) is 0. The molecule has 0 saturated heterocycles. The van der Waals surface area contributed by atoms with Crippen molar-refractivity contribution in [2.24, 2.45) is 7.05 Å². The number of carbonyl (C=O) groups is 1. The highest BCUT2D eigenvalue weighted by Crippen LogP contribution is 2.35. The topological polar surface area (TPSA) is 56.6 Å². The Kier molecular flexibility index (Phi) is 4.23. The summed E-state index contributed by atoms with van der Waals surface area (Å²) in [4.78, 5) is 14.2. The lowest BCUT2D eigenvalue weighted by Gasteiger charge is -2.14. The monoisotopic (exact) mass is 315 g/mol. The molecule has 0 saturated carbocycles. The summed E-state index contributed by atoms with van der Waals surface area (Å²) in [7, 11) is 3.65. The van der Waals surface area contributed by atoms with E-state index in [9.17, 15) is 4.79 Å². The average Bonchev–Trinajstić information content (AvgIpc) is 3.17. The first-order chi connectivity index (χ1) is 11.1. The summed E-state index contributed by atoms with van der Waals surface area (Å²) in [6.45, 7) is 3.10. The molecule has 1 aliphatic heterocycles. The molecule has 1 aromatic carbocycles. The van der Waals surface area contributed by atoms with Gasteiger partial charge in [-0.2, -0.15) is 5.10 Å². The van der Waals surface area contributed by atoms with Crippen LogP contribution in [0.15, 0.2) is 24.3 Å². The van der Waals surface area contributed by atoms with Gasteiger partial charge in [-0.05, 0) is 30.7 Å². The Morgan fingerprint density at radius 3 is 2.87 bits per heavy atom. The van der Waals surface area contributed by atoms with Crippen LogP contribution in [-0.4, -0.2) is 41.0 Å². The van der Waals surface area contributed by atoms with Gasteiger partial charge in [0.05, 0.1) is 5.69 Å². The fourth-order valence-corrected chi connectivity index (χ4v) is 2.59. The van der Waals surface area contributed by atoms with Crippen LogP contribution in [0.25, 0.3) is 11.3 Å². The van der Waals surface area contributed by atoms with Crippen molar-refractivity contribution < 1.29 is 14.3 Å². The molecule has 0 spiro atoms. The zero-order valence-corrected chi connectivity index (χ0v) is 13.7. The van der Waals surface area contributed by atoms with Crippen molar-refractivity contribution in [3.8, 4) is 22.8 Å². The third-order valence-corrected chi connectivity index (χ3v) is 3.96. The quantitative estimate of drug-likeness (QED) is 0.851. The van der Waals surface area contributed by atoms with Gasteiger partial charge in [0, 0.05) is 26.2 Å². The van der Waals surface area contributed by atoms with Crippen LogP contribution in [0, 0.1) is 0 Å². The van der Waals surface area contributed by atoms with E-state index in [1.54, 1.807) is 9.58 Å². The second kappa shape index (κ2) is 6.32. The number of hydrogen-bond acceptors (Lipinski definition) is 4. The Morgan fingerprint density at radius 1 is 1.30 bits per heavy atom. The highest BCUT2D eigenvalue weighted by molar-refractivity contribution is 5.93. The number of benzene rings is 1. The molecule has 122 valence electrons. The summed E-state index contributed by atoms with van der Waals surface area (Å²) in [5, 5.41) is 4.36. The van der Waals surface area contributed by atoms with Gasteiger partial charge in [0.15, 0.2) is 17.2 Å². The van der Waals surface area contributed by atoms with Gasteiger partial charge in [-0.3, -0.25) is 9.48 Å². The molecule has 1 amide bonds. The van der Waals surface area contributed by atoms with Gasteiger partial charge in [0.25, 0.3) is 5.91 Å².